The highest BCUT2D eigenvalue weighted by Gasteiger charge is 2.15. The van der Waals surface area contributed by atoms with Gasteiger partial charge in [0.15, 0.2) is 5.75 Å². The van der Waals surface area contributed by atoms with Crippen LogP contribution in [0, 0.1) is 0 Å². The Morgan fingerprint density at radius 1 is 1.32 bits per heavy atom. The lowest BCUT2D eigenvalue weighted by Crippen LogP contribution is -2.39. The van der Waals surface area contributed by atoms with E-state index in [0.29, 0.717) is 52.8 Å². The van der Waals surface area contributed by atoms with E-state index in [1.807, 2.05) is 6.92 Å². The summed E-state index contributed by atoms with van der Waals surface area (Å²) in [5.74, 6) is -0.144. The molecule has 0 spiro atoms. The van der Waals surface area contributed by atoms with Crippen molar-refractivity contribution in [1.82, 2.24) is 9.47 Å². The van der Waals surface area contributed by atoms with E-state index >= 15 is 0 Å². The molecule has 28 heavy (non-hydrogen) atoms. The third kappa shape index (κ3) is 5.27. The molecule has 1 saturated heterocycles. The maximum absolute atomic E-state index is 12.5. The Bertz CT molecular complexity index is 874. The number of aromatic nitrogens is 1. The maximum Gasteiger partial charge on any atom is 0.292 e. The van der Waals surface area contributed by atoms with Crippen LogP contribution < -0.4 is 15.6 Å². The number of pyridine rings is 1. The number of rotatable bonds is 7. The van der Waals surface area contributed by atoms with Gasteiger partial charge in [-0.15, -0.1) is 11.3 Å². The Morgan fingerprint density at radius 3 is 2.71 bits per heavy atom. The van der Waals surface area contributed by atoms with Crippen LogP contribution in [-0.4, -0.2) is 54.8 Å². The van der Waals surface area contributed by atoms with Gasteiger partial charge in [-0.05, 0) is 13.0 Å². The number of carbonyl (C=O) groups is 1. The predicted octanol–water partition coefficient (Wildman–Crippen LogP) is 3.20. The molecule has 1 amide bonds. The van der Waals surface area contributed by atoms with Gasteiger partial charge >= 0.3 is 0 Å². The van der Waals surface area contributed by atoms with Crippen molar-refractivity contribution in [3.8, 4) is 5.75 Å². The number of carbonyl (C=O) groups excluding carboxylic acids is 1. The van der Waals surface area contributed by atoms with Crippen molar-refractivity contribution < 1.29 is 14.3 Å². The number of amides is 1. The van der Waals surface area contributed by atoms with E-state index in [1.165, 1.54) is 10.6 Å². The van der Waals surface area contributed by atoms with Crippen molar-refractivity contribution in [3.05, 3.63) is 42.9 Å². The Hall–Kier alpha value is -1.58. The van der Waals surface area contributed by atoms with Gasteiger partial charge in [0, 0.05) is 38.4 Å². The van der Waals surface area contributed by atoms with Gasteiger partial charge in [0.05, 0.1) is 28.8 Å². The second-order valence-electron chi connectivity index (χ2n) is 6.17. The van der Waals surface area contributed by atoms with Gasteiger partial charge in [-0.25, -0.2) is 0 Å². The van der Waals surface area contributed by atoms with Crippen molar-refractivity contribution in [2.45, 2.75) is 13.5 Å². The van der Waals surface area contributed by atoms with Crippen molar-refractivity contribution in [2.24, 2.45) is 0 Å². The van der Waals surface area contributed by atoms with Gasteiger partial charge in [0.2, 0.25) is 0 Å². The SMILES string of the molecule is CCn1cc(NC(=O)c2cc(Cl)c(Cl)s2)cc(OCCN2CCOCC2)c1=O. The smallest absolute Gasteiger partial charge is 0.292 e. The fraction of sp³-hybridized carbons (Fsp3) is 0.444. The summed E-state index contributed by atoms with van der Waals surface area (Å²) in [5, 5.41) is 3.10. The van der Waals surface area contributed by atoms with E-state index in [-0.39, 0.29) is 17.2 Å². The fourth-order valence-corrected chi connectivity index (χ4v) is 4.04. The third-order valence-corrected chi connectivity index (χ3v) is 6.15. The maximum atomic E-state index is 12.5. The van der Waals surface area contributed by atoms with Crippen LogP contribution in [-0.2, 0) is 11.3 Å². The molecule has 0 radical (unpaired) electrons. The second kappa shape index (κ2) is 9.76. The number of aryl methyl sites for hydroxylation is 1. The Balaban J connectivity index is 1.70. The minimum Gasteiger partial charge on any atom is -0.486 e. The monoisotopic (exact) mass is 445 g/mol. The summed E-state index contributed by atoms with van der Waals surface area (Å²) >= 11 is 12.9. The van der Waals surface area contributed by atoms with E-state index in [4.69, 9.17) is 32.7 Å². The highest BCUT2D eigenvalue weighted by Crippen LogP contribution is 2.32. The molecule has 10 heteroatoms. The summed E-state index contributed by atoms with van der Waals surface area (Å²) in [6, 6.07) is 3.06. The lowest BCUT2D eigenvalue weighted by Gasteiger charge is -2.26. The number of thiophene rings is 1. The molecule has 3 rings (SSSR count). The molecule has 1 aliphatic heterocycles. The summed E-state index contributed by atoms with van der Waals surface area (Å²) in [6.07, 6.45) is 1.59. The molecule has 2 aromatic heterocycles. The number of hydrogen-bond acceptors (Lipinski definition) is 6. The summed E-state index contributed by atoms with van der Waals surface area (Å²) < 4.78 is 12.9. The van der Waals surface area contributed by atoms with Gasteiger partial charge in [0.1, 0.15) is 10.9 Å². The molecule has 1 N–H and O–H groups in total. The van der Waals surface area contributed by atoms with Crippen LogP contribution >= 0.6 is 34.5 Å². The Labute approximate surface area is 176 Å². The minimum absolute atomic E-state index is 0.204. The fourth-order valence-electron chi connectivity index (χ4n) is 2.78. The van der Waals surface area contributed by atoms with E-state index in [2.05, 4.69) is 10.2 Å². The van der Waals surface area contributed by atoms with Crippen LogP contribution in [0.1, 0.15) is 16.6 Å². The summed E-state index contributed by atoms with van der Waals surface area (Å²) in [6.45, 7) is 6.52. The molecule has 1 fully saturated rings. The van der Waals surface area contributed by atoms with Gasteiger partial charge < -0.3 is 19.4 Å². The van der Waals surface area contributed by atoms with Gasteiger partial charge in [0.25, 0.3) is 11.5 Å². The lowest BCUT2D eigenvalue weighted by atomic mass is 10.3. The number of hydrogen-bond donors (Lipinski definition) is 1. The average molecular weight is 446 g/mol. The molecule has 0 aromatic carbocycles. The molecule has 0 bridgehead atoms. The molecule has 0 unspecified atom stereocenters. The summed E-state index contributed by atoms with van der Waals surface area (Å²) in [4.78, 5) is 27.5. The van der Waals surface area contributed by atoms with Crippen molar-refractivity contribution in [1.29, 1.82) is 0 Å². The molecule has 0 atom stereocenters. The van der Waals surface area contributed by atoms with Crippen LogP contribution in [0.3, 0.4) is 0 Å². The lowest BCUT2D eigenvalue weighted by molar-refractivity contribution is 0.0321. The van der Waals surface area contributed by atoms with Crippen molar-refractivity contribution in [3.63, 3.8) is 0 Å². The predicted molar refractivity (Wildman–Crippen MR) is 111 cm³/mol. The molecule has 0 aliphatic carbocycles. The molecular formula is C18H21Cl2N3O4S. The second-order valence-corrected chi connectivity index (χ2v) is 8.23. The summed E-state index contributed by atoms with van der Waals surface area (Å²) in [5.41, 5.74) is 0.234. The zero-order valence-electron chi connectivity index (χ0n) is 15.4. The normalized spacial score (nSPS) is 14.8. The van der Waals surface area contributed by atoms with Crippen LogP contribution in [0.4, 0.5) is 5.69 Å². The topological polar surface area (TPSA) is 72.8 Å². The summed E-state index contributed by atoms with van der Waals surface area (Å²) in [7, 11) is 0. The van der Waals surface area contributed by atoms with Crippen LogP contribution in [0.2, 0.25) is 9.36 Å². The highest BCUT2D eigenvalue weighted by molar-refractivity contribution is 7.18. The molecule has 3 heterocycles. The number of ether oxygens (including phenoxy) is 2. The van der Waals surface area contributed by atoms with Gasteiger partial charge in [-0.2, -0.15) is 0 Å². The third-order valence-electron chi connectivity index (χ3n) is 4.29. The van der Waals surface area contributed by atoms with E-state index in [9.17, 15) is 9.59 Å². The number of halogens is 2. The number of anilines is 1. The Kier molecular flexibility index (Phi) is 7.36. The van der Waals surface area contributed by atoms with E-state index in [0.717, 1.165) is 24.4 Å². The molecule has 1 aliphatic rings. The standard InChI is InChI=1S/C18H21Cl2N3O4S/c1-2-23-11-12(21-17(24)15-10-13(19)16(20)28-15)9-14(18(23)25)27-8-5-22-3-6-26-7-4-22/h9-11H,2-8H2,1H3,(H,21,24). The van der Waals surface area contributed by atoms with Gasteiger partial charge in [-0.3, -0.25) is 14.5 Å². The zero-order valence-corrected chi connectivity index (χ0v) is 17.7. The van der Waals surface area contributed by atoms with Crippen LogP contribution in [0.25, 0.3) is 0 Å². The van der Waals surface area contributed by atoms with Crippen molar-refractivity contribution in [2.75, 3.05) is 44.8 Å². The first-order chi connectivity index (χ1) is 13.5. The first-order valence-corrected chi connectivity index (χ1v) is 10.5. The minimum atomic E-state index is -0.348. The quantitative estimate of drug-likeness (QED) is 0.708. The molecular weight excluding hydrogens is 425 g/mol. The average Bonchev–Trinajstić information content (AvgIpc) is 3.03. The van der Waals surface area contributed by atoms with Crippen LogP contribution in [0.15, 0.2) is 23.1 Å². The first-order valence-electron chi connectivity index (χ1n) is 8.91. The molecule has 2 aromatic rings. The number of nitrogens with one attached hydrogen (secondary N) is 1. The number of morpholine rings is 1. The van der Waals surface area contributed by atoms with Crippen LogP contribution in [0.5, 0.6) is 5.75 Å². The number of nitrogens with zero attached hydrogens (tertiary/aromatic N) is 2. The molecule has 0 saturated carbocycles. The van der Waals surface area contributed by atoms with E-state index < -0.39 is 0 Å². The highest BCUT2D eigenvalue weighted by atomic mass is 35.5. The van der Waals surface area contributed by atoms with E-state index in [1.54, 1.807) is 12.3 Å². The molecule has 152 valence electrons. The Morgan fingerprint density at radius 2 is 2.07 bits per heavy atom. The van der Waals surface area contributed by atoms with Gasteiger partial charge in [-0.1, -0.05) is 23.2 Å². The van der Waals surface area contributed by atoms with Crippen molar-refractivity contribution >= 4 is 46.1 Å². The zero-order chi connectivity index (χ0) is 20.1. The molecule has 7 nitrogen and oxygen atoms in total. The first kappa shape index (κ1) is 21.1. The largest absolute Gasteiger partial charge is 0.486 e.